The molecule has 0 aromatic heterocycles. The second kappa shape index (κ2) is 20.8. The predicted molar refractivity (Wildman–Crippen MR) is 247 cm³/mol. The summed E-state index contributed by atoms with van der Waals surface area (Å²) in [5.74, 6) is -1.75. The van der Waals surface area contributed by atoms with Crippen LogP contribution in [0.5, 0.6) is 5.75 Å². The zero-order chi connectivity index (χ0) is 38.8. The molecule has 8 nitrogen and oxygen atoms in total. The van der Waals surface area contributed by atoms with E-state index in [1.54, 1.807) is 23.5 Å². The van der Waals surface area contributed by atoms with Gasteiger partial charge in [0.1, 0.15) is 23.2 Å². The summed E-state index contributed by atoms with van der Waals surface area (Å²) in [5, 5.41) is 25.5. The summed E-state index contributed by atoms with van der Waals surface area (Å²) in [6.45, 7) is 0. The van der Waals surface area contributed by atoms with Crippen LogP contribution in [-0.2, 0) is 0 Å². The molecule has 2 aliphatic carbocycles. The Morgan fingerprint density at radius 3 is 2.11 bits per heavy atom. The first-order valence-electron chi connectivity index (χ1n) is 15.0. The van der Waals surface area contributed by atoms with Gasteiger partial charge in [-0.3, -0.25) is 4.79 Å². The maximum Gasteiger partial charge on any atom is 1.00 e. The fourth-order valence-electron chi connectivity index (χ4n) is 5.47. The number of aromatic nitrogens is 1. The van der Waals surface area contributed by atoms with E-state index in [1.165, 1.54) is 20.6 Å². The summed E-state index contributed by atoms with van der Waals surface area (Å²) in [7, 11) is 8.24. The quantitative estimate of drug-likeness (QED) is 0.0636. The molecular weight excluding hydrogens is 1320 g/mol. The van der Waals surface area contributed by atoms with Crippen molar-refractivity contribution in [3.05, 3.63) is 104 Å². The number of carboxylic acid groups (broad SMARTS) is 1. The normalized spacial score (nSPS) is 10.7. The number of rotatable bonds is 3. The van der Waals surface area contributed by atoms with Gasteiger partial charge in [-0.1, -0.05) is 52.2 Å². The molecule has 2 heterocycles. The number of carboxylic acids is 1. The molecule has 280 valence electrons. The largest absolute Gasteiger partial charge is 1.00 e. The van der Waals surface area contributed by atoms with Crippen molar-refractivity contribution in [1.29, 1.82) is 0 Å². The topological polar surface area (TPSA) is 113 Å². The van der Waals surface area contributed by atoms with Crippen molar-refractivity contribution in [3.63, 3.8) is 0 Å². The molecule has 7 rings (SSSR count). The number of anilines is 1. The molecule has 0 bridgehead atoms. The van der Waals surface area contributed by atoms with E-state index in [0.29, 0.717) is 18.1 Å². The maximum absolute atomic E-state index is 12.6. The maximum atomic E-state index is 12.6. The average molecular weight is 1340 g/mol. The fraction of sp³-hybridized carbons (Fsp3) is 0.111. The van der Waals surface area contributed by atoms with Crippen molar-refractivity contribution < 1.29 is 90.9 Å². The summed E-state index contributed by atoms with van der Waals surface area (Å²) in [5.41, 5.74) is 3.32. The molecule has 0 radical (unpaired) electrons. The van der Waals surface area contributed by atoms with Gasteiger partial charge in [0.2, 0.25) is 10.8 Å². The number of aromatic carboxylic acids is 1. The van der Waals surface area contributed by atoms with Crippen LogP contribution in [0, 0.1) is 14.3 Å². The Labute approximate surface area is 450 Å². The Morgan fingerprint density at radius 1 is 0.857 bits per heavy atom. The van der Waals surface area contributed by atoms with Crippen molar-refractivity contribution in [1.82, 2.24) is 9.56 Å². The Balaban J connectivity index is 0.000000316. The monoisotopic (exact) mass is 1330 g/mol. The predicted octanol–water partition coefficient (Wildman–Crippen LogP) is 0.545. The van der Waals surface area contributed by atoms with Crippen LogP contribution in [0.2, 0.25) is 20.1 Å². The van der Waals surface area contributed by atoms with Gasteiger partial charge in [-0.2, -0.15) is 0 Å². The second-order valence-electron chi connectivity index (χ2n) is 11.8. The van der Waals surface area contributed by atoms with E-state index in [2.05, 4.69) is 74.1 Å². The summed E-state index contributed by atoms with van der Waals surface area (Å²) in [6, 6.07) is 15.9. The third kappa shape index (κ3) is 9.88. The van der Waals surface area contributed by atoms with Crippen LogP contribution in [0.15, 0.2) is 57.7 Å². The zero-order valence-electron chi connectivity index (χ0n) is 29.8. The Hall–Kier alpha value is 0.830. The molecule has 0 unspecified atom stereocenters. The van der Waals surface area contributed by atoms with E-state index in [0.717, 1.165) is 11.2 Å². The third-order valence-corrected chi connectivity index (χ3v) is 14.6. The van der Waals surface area contributed by atoms with Gasteiger partial charge in [-0.15, -0.1) is 11.3 Å². The number of halogens is 9. The van der Waals surface area contributed by atoms with Crippen LogP contribution < -0.4 is 102 Å². The zero-order valence-corrected chi connectivity index (χ0v) is 47.0. The van der Waals surface area contributed by atoms with Crippen LogP contribution in [-0.4, -0.2) is 39.1 Å². The van der Waals surface area contributed by atoms with Gasteiger partial charge >= 0.3 is 59.1 Å². The van der Waals surface area contributed by atoms with Gasteiger partial charge in [0.15, 0.2) is 5.76 Å². The van der Waals surface area contributed by atoms with Crippen LogP contribution in [0.1, 0.15) is 10.4 Å². The van der Waals surface area contributed by atoms with E-state index in [4.69, 9.17) is 55.8 Å². The first kappa shape index (κ1) is 51.2. The number of nitrogens with zero attached hydrogens (tertiary/aromatic N) is 3. The average Bonchev–Trinajstić information content (AvgIpc) is 3.12. The standard InChI is InChI=1S/C20H4Cl4I4O5.C16H18N3S.ClH.2Na/c21-10-8(9(20(31)32)11(22)13(24)12(10)23)7-3-1-5(25)16(29)14(27)18(3)33-19-4(7)2-6(26)17(30)15(19)28;1-18(2)11-5-7-13-15(9-11)20-16-10-12(19(3)4)6-8-14(16)17-13;;;/h1-2,29H,(H,31,32);5-10H,1-4H3;1H;;/q;+1;;2*+1/p-3. The smallest absolute Gasteiger partial charge is 1.00 e. The fourth-order valence-corrected chi connectivity index (χ4v) is 11.1. The summed E-state index contributed by atoms with van der Waals surface area (Å²) < 4.78 is 10.6. The van der Waals surface area contributed by atoms with Gasteiger partial charge in [-0.25, -0.2) is 9.56 Å². The number of hydrogen-bond acceptors (Lipinski definition) is 8. The van der Waals surface area contributed by atoms with Crippen molar-refractivity contribution in [3.8, 4) is 38.8 Å². The van der Waals surface area contributed by atoms with E-state index in [9.17, 15) is 19.8 Å². The van der Waals surface area contributed by atoms with Gasteiger partial charge in [0.25, 0.3) is 0 Å². The Bertz CT molecular complexity index is 2770. The SMILES string of the molecule is CN(C)c1ccc2nc3ccc(=[N+](C)C)cc-3sc2c1.O=C([O-])c1c(Cl)c(Cl)c(Cl)c(Cl)c1-c1c2cc(I)c(=O)c(I)c-2oc2c(I)c([O-])c(I)cc12.[Cl-].[Na+].[Na+]. The minimum atomic E-state index is -1.63. The van der Waals surface area contributed by atoms with Gasteiger partial charge in [0, 0.05) is 66.7 Å². The number of benzene rings is 5. The van der Waals surface area contributed by atoms with E-state index in [-0.39, 0.29) is 132 Å². The summed E-state index contributed by atoms with van der Waals surface area (Å²) in [6.07, 6.45) is 0. The van der Waals surface area contributed by atoms with E-state index >= 15 is 0 Å². The molecule has 2 aliphatic heterocycles. The molecule has 56 heavy (non-hydrogen) atoms. The molecule has 3 aromatic carbocycles. The third-order valence-electron chi connectivity index (χ3n) is 8.11. The Morgan fingerprint density at radius 2 is 1.50 bits per heavy atom. The molecule has 3 aromatic rings. The number of carbonyl (C=O) groups is 1. The molecule has 0 saturated heterocycles. The van der Waals surface area contributed by atoms with Crippen molar-refractivity contribution >= 4 is 181 Å². The molecular formula is C36H20Cl5I4N3Na2O5S. The van der Waals surface area contributed by atoms with Crippen molar-refractivity contribution in [2.75, 3.05) is 33.1 Å². The first-order chi connectivity index (χ1) is 24.9. The molecule has 0 atom stereocenters. The van der Waals surface area contributed by atoms with Gasteiger partial charge in [0.05, 0.1) is 50.4 Å². The van der Waals surface area contributed by atoms with E-state index < -0.39 is 11.5 Å². The second-order valence-corrected chi connectivity index (χ2v) is 18.9. The molecule has 0 fully saturated rings. The summed E-state index contributed by atoms with van der Waals surface area (Å²) >= 11 is 34.5. The number of carbonyl (C=O) groups excluding carboxylic acids is 1. The van der Waals surface area contributed by atoms with E-state index in [1.807, 2.05) is 90.4 Å². The van der Waals surface area contributed by atoms with Crippen molar-refractivity contribution in [2.24, 2.45) is 0 Å². The van der Waals surface area contributed by atoms with Gasteiger partial charge < -0.3 is 36.7 Å². The van der Waals surface area contributed by atoms with Crippen LogP contribution in [0.25, 0.3) is 54.2 Å². The molecule has 20 heteroatoms. The van der Waals surface area contributed by atoms with Crippen LogP contribution in [0.4, 0.5) is 5.69 Å². The van der Waals surface area contributed by atoms with Crippen LogP contribution >= 0.6 is 148 Å². The molecule has 0 saturated carbocycles. The summed E-state index contributed by atoms with van der Waals surface area (Å²) in [4.78, 5) is 32.9. The molecule has 0 spiro atoms. The molecule has 0 N–H and O–H groups in total. The van der Waals surface area contributed by atoms with Crippen LogP contribution in [0.3, 0.4) is 0 Å². The number of hydrogen-bond donors (Lipinski definition) is 0. The first-order valence-corrected chi connectivity index (χ1v) is 21.6. The number of fused-ring (bicyclic) bond motifs is 4. The molecule has 0 amide bonds. The molecule has 4 aliphatic rings. The van der Waals surface area contributed by atoms with Gasteiger partial charge in [-0.05, 0) is 127 Å². The van der Waals surface area contributed by atoms with Crippen molar-refractivity contribution in [2.45, 2.75) is 0 Å². The minimum absolute atomic E-state index is 0. The minimum Gasteiger partial charge on any atom is -1.00 e. The Kier molecular flexibility index (Phi) is 19.0.